The topological polar surface area (TPSA) is 18.5 Å². The molecule has 2 heteroatoms. The molecule has 8 heavy (non-hydrogen) atoms. The van der Waals surface area contributed by atoms with Crippen molar-refractivity contribution < 1.29 is 9.47 Å². The van der Waals surface area contributed by atoms with Crippen LogP contribution in [0.25, 0.3) is 0 Å². The van der Waals surface area contributed by atoms with E-state index in [0.717, 1.165) is 19.6 Å². The zero-order chi connectivity index (χ0) is 5.82. The number of ether oxygens (including phenoxy) is 2. The minimum Gasteiger partial charge on any atom is -0.352 e. The normalized spacial score (nSPS) is 23.6. The minimum absolute atomic E-state index is 0.0382. The molecule has 0 aromatic heterocycles. The summed E-state index contributed by atoms with van der Waals surface area (Å²) < 4.78 is 10.3. The van der Waals surface area contributed by atoms with Gasteiger partial charge in [0.15, 0.2) is 6.29 Å². The predicted molar refractivity (Wildman–Crippen MR) is 30.3 cm³/mol. The van der Waals surface area contributed by atoms with E-state index >= 15 is 0 Å². The Kier molecular flexibility index (Phi) is 2.30. The van der Waals surface area contributed by atoms with E-state index in [0.29, 0.717) is 0 Å². The highest BCUT2D eigenvalue weighted by atomic mass is 16.7. The van der Waals surface area contributed by atoms with Gasteiger partial charge in [0.25, 0.3) is 0 Å². The van der Waals surface area contributed by atoms with Gasteiger partial charge in [-0.15, -0.1) is 0 Å². The van der Waals surface area contributed by atoms with Crippen molar-refractivity contribution in [3.63, 3.8) is 0 Å². The first-order chi connectivity index (χ1) is 3.93. The molecule has 0 amide bonds. The van der Waals surface area contributed by atoms with Crippen LogP contribution in [0.3, 0.4) is 0 Å². The van der Waals surface area contributed by atoms with E-state index in [1.807, 2.05) is 13.3 Å². The van der Waals surface area contributed by atoms with Crippen LogP contribution >= 0.6 is 0 Å². The third-order valence-electron chi connectivity index (χ3n) is 1.13. The van der Waals surface area contributed by atoms with Crippen molar-refractivity contribution in [2.45, 2.75) is 19.6 Å². The van der Waals surface area contributed by atoms with Gasteiger partial charge in [-0.05, 0) is 6.42 Å². The lowest BCUT2D eigenvalue weighted by molar-refractivity contribution is -0.158. The molecule has 47 valence electrons. The molecule has 1 fully saturated rings. The zero-order valence-corrected chi connectivity index (χ0v) is 5.09. The Hall–Kier alpha value is -0.0800. The summed E-state index contributed by atoms with van der Waals surface area (Å²) in [5.74, 6) is 0. The molecule has 1 radical (unpaired) electrons. The second kappa shape index (κ2) is 3.05. The van der Waals surface area contributed by atoms with Gasteiger partial charge in [-0.25, -0.2) is 0 Å². The highest BCUT2D eigenvalue weighted by Crippen LogP contribution is 2.05. The first kappa shape index (κ1) is 6.05. The van der Waals surface area contributed by atoms with Gasteiger partial charge in [0.2, 0.25) is 0 Å². The molecule has 1 aliphatic rings. The summed E-state index contributed by atoms with van der Waals surface area (Å²) in [5, 5.41) is 0. The monoisotopic (exact) mass is 115 g/mol. The van der Waals surface area contributed by atoms with Gasteiger partial charge in [-0.3, -0.25) is 0 Å². The Morgan fingerprint density at radius 2 is 2.00 bits per heavy atom. The van der Waals surface area contributed by atoms with E-state index in [9.17, 15) is 0 Å². The maximum Gasteiger partial charge on any atom is 0.160 e. The molecule has 1 rings (SSSR count). The van der Waals surface area contributed by atoms with Crippen molar-refractivity contribution in [3.8, 4) is 0 Å². The van der Waals surface area contributed by atoms with Crippen molar-refractivity contribution >= 4 is 0 Å². The number of hydrogen-bond acceptors (Lipinski definition) is 2. The van der Waals surface area contributed by atoms with Crippen molar-refractivity contribution in [1.29, 1.82) is 0 Å². The predicted octanol–water partition coefficient (Wildman–Crippen LogP) is 0.974. The summed E-state index contributed by atoms with van der Waals surface area (Å²) in [4.78, 5) is 0. The van der Waals surface area contributed by atoms with Crippen LogP contribution in [0.4, 0.5) is 0 Å². The fourth-order valence-corrected chi connectivity index (χ4v) is 0.698. The Balaban J connectivity index is 2.13. The lowest BCUT2D eigenvalue weighted by Crippen LogP contribution is -2.24. The molecule has 1 saturated heterocycles. The van der Waals surface area contributed by atoms with E-state index in [1.165, 1.54) is 0 Å². The molecule has 0 bridgehead atoms. The van der Waals surface area contributed by atoms with E-state index in [4.69, 9.17) is 9.47 Å². The molecule has 1 heterocycles. The summed E-state index contributed by atoms with van der Waals surface area (Å²) in [6, 6.07) is 0. The molecule has 0 aliphatic carbocycles. The molecule has 0 atom stereocenters. The highest BCUT2D eigenvalue weighted by Gasteiger charge is 2.10. The van der Waals surface area contributed by atoms with Crippen LogP contribution in [-0.4, -0.2) is 19.5 Å². The van der Waals surface area contributed by atoms with Crippen molar-refractivity contribution in [2.75, 3.05) is 13.2 Å². The maximum absolute atomic E-state index is 5.15. The van der Waals surface area contributed by atoms with E-state index < -0.39 is 0 Å². The summed E-state index contributed by atoms with van der Waals surface area (Å²) in [6.07, 6.45) is 2.91. The molecule has 0 aromatic rings. The highest BCUT2D eigenvalue weighted by molar-refractivity contribution is 4.63. The van der Waals surface area contributed by atoms with Gasteiger partial charge < -0.3 is 9.47 Å². The second-order valence-corrected chi connectivity index (χ2v) is 1.80. The molecule has 0 saturated carbocycles. The van der Waals surface area contributed by atoms with Crippen LogP contribution in [0, 0.1) is 6.42 Å². The van der Waals surface area contributed by atoms with Gasteiger partial charge in [-0.1, -0.05) is 6.92 Å². The average Bonchev–Trinajstić information content (AvgIpc) is 1.90. The Bertz CT molecular complexity index is 57.5. The van der Waals surface area contributed by atoms with E-state index in [-0.39, 0.29) is 6.29 Å². The van der Waals surface area contributed by atoms with E-state index in [2.05, 4.69) is 0 Å². The Morgan fingerprint density at radius 3 is 2.38 bits per heavy atom. The summed E-state index contributed by atoms with van der Waals surface area (Å²) >= 11 is 0. The second-order valence-electron chi connectivity index (χ2n) is 1.80. The van der Waals surface area contributed by atoms with Crippen molar-refractivity contribution in [2.24, 2.45) is 0 Å². The van der Waals surface area contributed by atoms with Gasteiger partial charge in [0.05, 0.1) is 13.2 Å². The summed E-state index contributed by atoms with van der Waals surface area (Å²) in [5.41, 5.74) is 0. The largest absolute Gasteiger partial charge is 0.352 e. The molecule has 1 aliphatic heterocycles. The van der Waals surface area contributed by atoms with E-state index in [1.54, 1.807) is 0 Å². The standard InChI is InChI=1S/C6H11O2/c1-2-6-7-4-3-5-8-6/h2,6H,3-5H2,1H3. The van der Waals surface area contributed by atoms with Crippen LogP contribution in [0.2, 0.25) is 0 Å². The third kappa shape index (κ3) is 1.46. The number of rotatable bonds is 1. The van der Waals surface area contributed by atoms with Crippen LogP contribution in [0.1, 0.15) is 13.3 Å². The lowest BCUT2D eigenvalue weighted by atomic mass is 10.4. The molecule has 0 aromatic carbocycles. The smallest absolute Gasteiger partial charge is 0.160 e. The molecule has 0 spiro atoms. The molecule has 0 N–H and O–H groups in total. The fourth-order valence-electron chi connectivity index (χ4n) is 0.698. The first-order valence-corrected chi connectivity index (χ1v) is 2.96. The SMILES string of the molecule is C[CH]C1OCCCO1. The molecular weight excluding hydrogens is 104 g/mol. The Labute approximate surface area is 49.8 Å². The van der Waals surface area contributed by atoms with Gasteiger partial charge >= 0.3 is 0 Å². The molecular formula is C6H11O2. The lowest BCUT2D eigenvalue weighted by Gasteiger charge is -2.21. The third-order valence-corrected chi connectivity index (χ3v) is 1.13. The maximum atomic E-state index is 5.15. The number of hydrogen-bond donors (Lipinski definition) is 0. The zero-order valence-electron chi connectivity index (χ0n) is 5.09. The minimum atomic E-state index is -0.0382. The summed E-state index contributed by atoms with van der Waals surface area (Å²) in [6.45, 7) is 3.62. The van der Waals surface area contributed by atoms with Crippen molar-refractivity contribution in [1.82, 2.24) is 0 Å². The van der Waals surface area contributed by atoms with Crippen LogP contribution < -0.4 is 0 Å². The van der Waals surface area contributed by atoms with Crippen LogP contribution in [0.15, 0.2) is 0 Å². The molecule has 2 nitrogen and oxygen atoms in total. The van der Waals surface area contributed by atoms with Gasteiger partial charge in [-0.2, -0.15) is 0 Å². The molecule has 0 unspecified atom stereocenters. The fraction of sp³-hybridized carbons (Fsp3) is 0.833. The van der Waals surface area contributed by atoms with Gasteiger partial charge in [0, 0.05) is 6.42 Å². The van der Waals surface area contributed by atoms with Crippen LogP contribution in [0.5, 0.6) is 0 Å². The van der Waals surface area contributed by atoms with Crippen LogP contribution in [-0.2, 0) is 9.47 Å². The Morgan fingerprint density at radius 1 is 1.38 bits per heavy atom. The quantitative estimate of drug-likeness (QED) is 0.507. The summed E-state index contributed by atoms with van der Waals surface area (Å²) in [7, 11) is 0. The van der Waals surface area contributed by atoms with Gasteiger partial charge in [0.1, 0.15) is 0 Å². The first-order valence-electron chi connectivity index (χ1n) is 2.96. The average molecular weight is 115 g/mol. The van der Waals surface area contributed by atoms with Crippen molar-refractivity contribution in [3.05, 3.63) is 6.42 Å².